The molecule has 0 radical (unpaired) electrons. The third-order valence-electron chi connectivity index (χ3n) is 4.61. The summed E-state index contributed by atoms with van der Waals surface area (Å²) in [5.41, 5.74) is 2.21. The van der Waals surface area contributed by atoms with Crippen LogP contribution in [0.3, 0.4) is 0 Å². The molecule has 1 aromatic rings. The standard InChI is InChI=1S/C17H26O/c1-3-14-8-10-15(11-9-14)13-17(18)12-6-5-7-16(17)4-2/h8-11,16,18H,3-7,12-13H2,1-2H3. The highest BCUT2D eigenvalue weighted by Crippen LogP contribution is 2.38. The van der Waals surface area contributed by atoms with E-state index in [4.69, 9.17) is 0 Å². The molecule has 0 amide bonds. The van der Waals surface area contributed by atoms with Gasteiger partial charge in [-0.2, -0.15) is 0 Å². The zero-order valence-electron chi connectivity index (χ0n) is 11.8. The Morgan fingerprint density at radius 3 is 2.39 bits per heavy atom. The zero-order valence-corrected chi connectivity index (χ0v) is 11.8. The molecule has 1 fully saturated rings. The lowest BCUT2D eigenvalue weighted by atomic mass is 9.71. The van der Waals surface area contributed by atoms with Gasteiger partial charge in [-0.15, -0.1) is 0 Å². The van der Waals surface area contributed by atoms with Gasteiger partial charge in [0.2, 0.25) is 0 Å². The quantitative estimate of drug-likeness (QED) is 0.847. The fourth-order valence-corrected chi connectivity index (χ4v) is 3.36. The third-order valence-corrected chi connectivity index (χ3v) is 4.61. The van der Waals surface area contributed by atoms with Gasteiger partial charge in [-0.25, -0.2) is 0 Å². The van der Waals surface area contributed by atoms with Crippen LogP contribution >= 0.6 is 0 Å². The molecule has 2 atom stereocenters. The Labute approximate surface area is 111 Å². The van der Waals surface area contributed by atoms with E-state index in [0.717, 1.165) is 25.7 Å². The number of aryl methyl sites for hydroxylation is 1. The lowest BCUT2D eigenvalue weighted by molar-refractivity contribution is -0.0491. The van der Waals surface area contributed by atoms with Gasteiger partial charge < -0.3 is 5.11 Å². The number of hydrogen-bond acceptors (Lipinski definition) is 1. The second-order valence-electron chi connectivity index (χ2n) is 5.80. The van der Waals surface area contributed by atoms with E-state index in [2.05, 4.69) is 38.1 Å². The molecule has 1 aromatic carbocycles. The summed E-state index contributed by atoms with van der Waals surface area (Å²) in [5.74, 6) is 0.483. The second-order valence-corrected chi connectivity index (χ2v) is 5.80. The van der Waals surface area contributed by atoms with Gasteiger partial charge in [0.15, 0.2) is 0 Å². The van der Waals surface area contributed by atoms with E-state index in [1.165, 1.54) is 30.4 Å². The number of hydrogen-bond donors (Lipinski definition) is 1. The molecule has 1 N–H and O–H groups in total. The largest absolute Gasteiger partial charge is 0.389 e. The molecular weight excluding hydrogens is 220 g/mol. The molecule has 0 heterocycles. The molecule has 0 spiro atoms. The van der Waals surface area contributed by atoms with Crippen molar-refractivity contribution in [3.8, 4) is 0 Å². The molecule has 0 aromatic heterocycles. The van der Waals surface area contributed by atoms with E-state index in [1.807, 2.05) is 0 Å². The van der Waals surface area contributed by atoms with Gasteiger partial charge in [0.1, 0.15) is 0 Å². The summed E-state index contributed by atoms with van der Waals surface area (Å²) in [5, 5.41) is 10.9. The molecule has 0 aliphatic heterocycles. The van der Waals surface area contributed by atoms with Crippen LogP contribution in [-0.4, -0.2) is 10.7 Å². The SMILES string of the molecule is CCc1ccc(CC2(O)CCCCC2CC)cc1. The van der Waals surface area contributed by atoms with Crippen molar-refractivity contribution in [1.29, 1.82) is 0 Å². The Morgan fingerprint density at radius 1 is 1.11 bits per heavy atom. The van der Waals surface area contributed by atoms with E-state index in [9.17, 15) is 5.11 Å². The average molecular weight is 246 g/mol. The predicted molar refractivity (Wildman–Crippen MR) is 76.7 cm³/mol. The van der Waals surface area contributed by atoms with E-state index in [1.54, 1.807) is 0 Å². The summed E-state index contributed by atoms with van der Waals surface area (Å²) in [6, 6.07) is 8.78. The van der Waals surface area contributed by atoms with E-state index >= 15 is 0 Å². The van der Waals surface area contributed by atoms with Crippen molar-refractivity contribution in [1.82, 2.24) is 0 Å². The third kappa shape index (κ3) is 2.95. The minimum Gasteiger partial charge on any atom is -0.389 e. The molecule has 0 bridgehead atoms. The van der Waals surface area contributed by atoms with Gasteiger partial charge in [0, 0.05) is 6.42 Å². The Morgan fingerprint density at radius 2 is 1.78 bits per heavy atom. The van der Waals surface area contributed by atoms with Crippen molar-refractivity contribution in [2.24, 2.45) is 5.92 Å². The second kappa shape index (κ2) is 5.88. The molecular formula is C17H26O. The van der Waals surface area contributed by atoms with Crippen LogP contribution in [0.15, 0.2) is 24.3 Å². The molecule has 1 heteroatoms. The lowest BCUT2D eigenvalue weighted by Crippen LogP contribution is -2.42. The summed E-state index contributed by atoms with van der Waals surface area (Å²) in [6.07, 6.45) is 7.65. The maximum Gasteiger partial charge on any atom is 0.0715 e. The maximum atomic E-state index is 10.9. The van der Waals surface area contributed by atoms with Gasteiger partial charge in [-0.3, -0.25) is 0 Å². The average Bonchev–Trinajstić information content (AvgIpc) is 2.40. The number of benzene rings is 1. The monoisotopic (exact) mass is 246 g/mol. The Kier molecular flexibility index (Phi) is 4.45. The lowest BCUT2D eigenvalue weighted by Gasteiger charge is -2.40. The molecule has 18 heavy (non-hydrogen) atoms. The number of aliphatic hydroxyl groups is 1. The first-order chi connectivity index (χ1) is 8.68. The van der Waals surface area contributed by atoms with Gasteiger partial charge >= 0.3 is 0 Å². The van der Waals surface area contributed by atoms with E-state index in [-0.39, 0.29) is 0 Å². The summed E-state index contributed by atoms with van der Waals surface area (Å²) in [4.78, 5) is 0. The highest BCUT2D eigenvalue weighted by atomic mass is 16.3. The van der Waals surface area contributed by atoms with Crippen LogP contribution in [0, 0.1) is 5.92 Å². The Hall–Kier alpha value is -0.820. The first-order valence-electron chi connectivity index (χ1n) is 7.48. The topological polar surface area (TPSA) is 20.2 Å². The maximum absolute atomic E-state index is 10.9. The predicted octanol–water partition coefficient (Wildman–Crippen LogP) is 4.12. The fraction of sp³-hybridized carbons (Fsp3) is 0.647. The highest BCUT2D eigenvalue weighted by molar-refractivity contribution is 5.24. The normalized spacial score (nSPS) is 28.3. The Bertz CT molecular complexity index is 368. The highest BCUT2D eigenvalue weighted by Gasteiger charge is 2.37. The van der Waals surface area contributed by atoms with Gasteiger partial charge in [-0.1, -0.05) is 57.4 Å². The van der Waals surface area contributed by atoms with Crippen molar-refractivity contribution < 1.29 is 5.11 Å². The van der Waals surface area contributed by atoms with Crippen molar-refractivity contribution in [2.45, 2.75) is 64.4 Å². The van der Waals surface area contributed by atoms with Crippen LogP contribution in [0.1, 0.15) is 57.1 Å². The first-order valence-corrected chi connectivity index (χ1v) is 7.48. The molecule has 1 aliphatic carbocycles. The van der Waals surface area contributed by atoms with E-state index in [0.29, 0.717) is 5.92 Å². The van der Waals surface area contributed by atoms with Gasteiger partial charge in [0.25, 0.3) is 0 Å². The molecule has 2 unspecified atom stereocenters. The molecule has 1 saturated carbocycles. The van der Waals surface area contributed by atoms with Crippen LogP contribution in [0.2, 0.25) is 0 Å². The van der Waals surface area contributed by atoms with Crippen molar-refractivity contribution in [2.75, 3.05) is 0 Å². The summed E-state index contributed by atoms with van der Waals surface area (Å²) in [7, 11) is 0. The number of rotatable bonds is 4. The Balaban J connectivity index is 2.09. The smallest absolute Gasteiger partial charge is 0.0715 e. The minimum atomic E-state index is -0.458. The summed E-state index contributed by atoms with van der Waals surface area (Å²) >= 11 is 0. The van der Waals surface area contributed by atoms with Crippen LogP contribution in [-0.2, 0) is 12.8 Å². The molecule has 0 saturated heterocycles. The van der Waals surface area contributed by atoms with Crippen LogP contribution < -0.4 is 0 Å². The minimum absolute atomic E-state index is 0.458. The fourth-order valence-electron chi connectivity index (χ4n) is 3.36. The molecule has 100 valence electrons. The first kappa shape index (κ1) is 13.6. The van der Waals surface area contributed by atoms with Gasteiger partial charge in [-0.05, 0) is 36.3 Å². The van der Waals surface area contributed by atoms with E-state index < -0.39 is 5.60 Å². The molecule has 1 aliphatic rings. The summed E-state index contributed by atoms with van der Waals surface area (Å²) in [6.45, 7) is 4.39. The molecule has 1 nitrogen and oxygen atoms in total. The van der Waals surface area contributed by atoms with Crippen molar-refractivity contribution >= 4 is 0 Å². The van der Waals surface area contributed by atoms with Crippen LogP contribution in [0.4, 0.5) is 0 Å². The molecule has 2 rings (SSSR count). The van der Waals surface area contributed by atoms with Crippen LogP contribution in [0.5, 0.6) is 0 Å². The van der Waals surface area contributed by atoms with Crippen LogP contribution in [0.25, 0.3) is 0 Å². The zero-order chi connectivity index (χ0) is 13.0. The van der Waals surface area contributed by atoms with Crippen molar-refractivity contribution in [3.05, 3.63) is 35.4 Å². The van der Waals surface area contributed by atoms with Crippen molar-refractivity contribution in [3.63, 3.8) is 0 Å². The van der Waals surface area contributed by atoms with Gasteiger partial charge in [0.05, 0.1) is 5.60 Å². The summed E-state index contributed by atoms with van der Waals surface area (Å²) < 4.78 is 0.